The summed E-state index contributed by atoms with van der Waals surface area (Å²) < 4.78 is 26.9. The summed E-state index contributed by atoms with van der Waals surface area (Å²) in [6.07, 6.45) is 2.99. The first-order valence-corrected chi connectivity index (χ1v) is 5.70. The number of benzene rings is 1. The largest absolute Gasteiger partial charge is 0.316 e. The van der Waals surface area contributed by atoms with Crippen molar-refractivity contribution in [2.24, 2.45) is 0 Å². The molecule has 100 valence electrons. The van der Waals surface area contributed by atoms with E-state index in [-0.39, 0.29) is 5.69 Å². The Balaban J connectivity index is 1.98. The van der Waals surface area contributed by atoms with Crippen LogP contribution in [0.25, 0.3) is 10.9 Å². The van der Waals surface area contributed by atoms with Crippen LogP contribution in [-0.2, 0) is 0 Å². The van der Waals surface area contributed by atoms with E-state index in [0.717, 1.165) is 12.1 Å². The van der Waals surface area contributed by atoms with E-state index in [1.54, 1.807) is 12.3 Å². The van der Waals surface area contributed by atoms with E-state index in [1.807, 2.05) is 0 Å². The lowest BCUT2D eigenvalue weighted by atomic mass is 10.2. The van der Waals surface area contributed by atoms with Gasteiger partial charge in [0.15, 0.2) is 5.69 Å². The average molecular weight is 274 g/mol. The Hall–Kier alpha value is -2.83. The number of hydrogen-bond acceptors (Lipinski definition) is 3. The molecule has 7 heteroatoms. The molecule has 0 aliphatic heterocycles. The molecule has 0 aliphatic rings. The van der Waals surface area contributed by atoms with Crippen LogP contribution in [0, 0.1) is 11.6 Å². The van der Waals surface area contributed by atoms with Gasteiger partial charge < -0.3 is 5.32 Å². The maximum atomic E-state index is 13.5. The Kier molecular flexibility index (Phi) is 2.86. The first-order chi connectivity index (χ1) is 9.66. The van der Waals surface area contributed by atoms with Crippen molar-refractivity contribution in [2.45, 2.75) is 0 Å². The third-order valence-corrected chi connectivity index (χ3v) is 2.78. The third kappa shape index (κ3) is 1.99. The molecule has 0 unspecified atom stereocenters. The van der Waals surface area contributed by atoms with Crippen molar-refractivity contribution in [3.8, 4) is 0 Å². The van der Waals surface area contributed by atoms with E-state index in [9.17, 15) is 13.6 Å². The van der Waals surface area contributed by atoms with Crippen molar-refractivity contribution >= 4 is 22.5 Å². The van der Waals surface area contributed by atoms with Crippen LogP contribution in [0.5, 0.6) is 0 Å². The monoisotopic (exact) mass is 274 g/mol. The van der Waals surface area contributed by atoms with Gasteiger partial charge in [0.25, 0.3) is 5.91 Å². The highest BCUT2D eigenvalue weighted by atomic mass is 19.1. The Morgan fingerprint density at radius 1 is 1.20 bits per heavy atom. The fraction of sp³-hybridized carbons (Fsp3) is 0. The fourth-order valence-corrected chi connectivity index (χ4v) is 1.82. The molecule has 2 N–H and O–H groups in total. The van der Waals surface area contributed by atoms with Crippen molar-refractivity contribution in [3.63, 3.8) is 0 Å². The molecule has 2 heterocycles. The minimum atomic E-state index is -0.851. The first kappa shape index (κ1) is 12.2. The molecule has 5 nitrogen and oxygen atoms in total. The number of nitrogens with one attached hydrogen (secondary N) is 2. The lowest BCUT2D eigenvalue weighted by Gasteiger charge is -2.05. The predicted octanol–water partition coefficient (Wildman–Crippen LogP) is 2.49. The van der Waals surface area contributed by atoms with Crippen molar-refractivity contribution < 1.29 is 13.6 Å². The zero-order valence-corrected chi connectivity index (χ0v) is 10.0. The summed E-state index contributed by atoms with van der Waals surface area (Å²) in [5.74, 6) is -2.42. The van der Waals surface area contributed by atoms with E-state index in [4.69, 9.17) is 0 Å². The number of nitrogens with zero attached hydrogens (tertiary/aromatic N) is 2. The Morgan fingerprint density at radius 3 is 2.70 bits per heavy atom. The van der Waals surface area contributed by atoms with Crippen molar-refractivity contribution in [2.75, 3.05) is 5.32 Å². The molecular weight excluding hydrogens is 266 g/mol. The summed E-state index contributed by atoms with van der Waals surface area (Å²) in [5.41, 5.74) is 0.132. The van der Waals surface area contributed by atoms with E-state index in [1.165, 1.54) is 12.3 Å². The predicted molar refractivity (Wildman–Crippen MR) is 68.2 cm³/mol. The number of amides is 1. The highest BCUT2D eigenvalue weighted by Crippen LogP contribution is 2.20. The second-order valence-electron chi connectivity index (χ2n) is 4.04. The van der Waals surface area contributed by atoms with Gasteiger partial charge in [-0.2, -0.15) is 5.10 Å². The number of carbonyl (C=O) groups is 1. The van der Waals surface area contributed by atoms with Crippen molar-refractivity contribution in [1.82, 2.24) is 15.2 Å². The zero-order chi connectivity index (χ0) is 14.1. The number of H-pyrrole nitrogens is 1. The van der Waals surface area contributed by atoms with Crippen LogP contribution in [-0.4, -0.2) is 21.1 Å². The average Bonchev–Trinajstić information content (AvgIpc) is 2.87. The number of aromatic amines is 1. The SMILES string of the molecule is O=C(Nc1c(F)cccc1F)c1n[nH]c2ccncc12. The number of pyridine rings is 1. The minimum absolute atomic E-state index is 0.0238. The van der Waals surface area contributed by atoms with Gasteiger partial charge in [0.2, 0.25) is 0 Å². The van der Waals surface area contributed by atoms with E-state index in [0.29, 0.717) is 10.9 Å². The third-order valence-electron chi connectivity index (χ3n) is 2.78. The van der Waals surface area contributed by atoms with Gasteiger partial charge in [-0.15, -0.1) is 0 Å². The van der Waals surface area contributed by atoms with Gasteiger partial charge in [0.05, 0.1) is 10.9 Å². The number of carbonyl (C=O) groups excluding carboxylic acids is 1. The molecule has 0 radical (unpaired) electrons. The molecular formula is C13H8F2N4O. The van der Waals surface area contributed by atoms with E-state index >= 15 is 0 Å². The van der Waals surface area contributed by atoms with Crippen LogP contribution in [0.2, 0.25) is 0 Å². The molecule has 0 saturated carbocycles. The van der Waals surface area contributed by atoms with Gasteiger partial charge in [0.1, 0.15) is 17.3 Å². The second-order valence-corrected chi connectivity index (χ2v) is 4.04. The lowest BCUT2D eigenvalue weighted by Crippen LogP contribution is -2.15. The minimum Gasteiger partial charge on any atom is -0.316 e. The van der Waals surface area contributed by atoms with Gasteiger partial charge in [-0.05, 0) is 18.2 Å². The standard InChI is InChI=1S/C13H8F2N4O/c14-8-2-1-3-9(15)12(8)17-13(20)11-7-6-16-5-4-10(7)18-19-11/h1-6H,(H,17,20)(H,18,19). The van der Waals surface area contributed by atoms with Gasteiger partial charge in [-0.1, -0.05) is 6.07 Å². The van der Waals surface area contributed by atoms with Crippen LogP contribution >= 0.6 is 0 Å². The molecule has 1 amide bonds. The van der Waals surface area contributed by atoms with Crippen LogP contribution in [0.1, 0.15) is 10.5 Å². The maximum Gasteiger partial charge on any atom is 0.277 e. The molecule has 0 bridgehead atoms. The highest BCUT2D eigenvalue weighted by molar-refractivity contribution is 6.10. The van der Waals surface area contributed by atoms with Crippen LogP contribution in [0.4, 0.5) is 14.5 Å². The zero-order valence-electron chi connectivity index (χ0n) is 10.0. The quantitative estimate of drug-likeness (QED) is 0.754. The van der Waals surface area contributed by atoms with Gasteiger partial charge >= 0.3 is 0 Å². The summed E-state index contributed by atoms with van der Waals surface area (Å²) in [6.45, 7) is 0. The topological polar surface area (TPSA) is 70.7 Å². The smallest absolute Gasteiger partial charge is 0.277 e. The first-order valence-electron chi connectivity index (χ1n) is 5.70. The molecule has 0 saturated heterocycles. The van der Waals surface area contributed by atoms with Crippen LogP contribution in [0.3, 0.4) is 0 Å². The van der Waals surface area contributed by atoms with Gasteiger partial charge in [0, 0.05) is 12.4 Å². The summed E-state index contributed by atoms with van der Waals surface area (Å²) in [5, 5.41) is 9.12. The van der Waals surface area contributed by atoms with Crippen molar-refractivity contribution in [3.05, 3.63) is 54.0 Å². The highest BCUT2D eigenvalue weighted by Gasteiger charge is 2.17. The number of aromatic nitrogens is 3. The summed E-state index contributed by atoms with van der Waals surface area (Å²) in [7, 11) is 0. The Bertz CT molecular complexity index is 780. The molecule has 0 fully saturated rings. The number of rotatable bonds is 2. The number of para-hydroxylation sites is 1. The van der Waals surface area contributed by atoms with Crippen LogP contribution in [0.15, 0.2) is 36.7 Å². The van der Waals surface area contributed by atoms with Gasteiger partial charge in [-0.3, -0.25) is 14.9 Å². The molecule has 3 rings (SSSR count). The molecule has 0 spiro atoms. The molecule has 0 atom stereocenters. The Labute approximate surface area is 111 Å². The van der Waals surface area contributed by atoms with Crippen LogP contribution < -0.4 is 5.32 Å². The number of anilines is 1. The van der Waals surface area contributed by atoms with Crippen molar-refractivity contribution in [1.29, 1.82) is 0 Å². The number of fused-ring (bicyclic) bond motifs is 1. The van der Waals surface area contributed by atoms with E-state index < -0.39 is 23.2 Å². The molecule has 3 aromatic rings. The Morgan fingerprint density at radius 2 is 1.95 bits per heavy atom. The fourth-order valence-electron chi connectivity index (χ4n) is 1.82. The number of hydrogen-bond donors (Lipinski definition) is 2. The summed E-state index contributed by atoms with van der Waals surface area (Å²) in [4.78, 5) is 15.9. The van der Waals surface area contributed by atoms with E-state index in [2.05, 4.69) is 20.5 Å². The van der Waals surface area contributed by atoms with Gasteiger partial charge in [-0.25, -0.2) is 8.78 Å². The summed E-state index contributed by atoms with van der Waals surface area (Å²) >= 11 is 0. The molecule has 1 aromatic carbocycles. The number of halogens is 2. The molecule has 20 heavy (non-hydrogen) atoms. The normalized spacial score (nSPS) is 10.7. The second kappa shape index (κ2) is 4.69. The summed E-state index contributed by atoms with van der Waals surface area (Å²) in [6, 6.07) is 4.97. The maximum absolute atomic E-state index is 13.5. The molecule has 2 aromatic heterocycles. The lowest BCUT2D eigenvalue weighted by molar-refractivity contribution is 0.102. The molecule has 0 aliphatic carbocycles.